The first-order valence-corrected chi connectivity index (χ1v) is 5.35. The summed E-state index contributed by atoms with van der Waals surface area (Å²) in [6.45, 7) is 4.01. The topological polar surface area (TPSA) is 77.0 Å². The van der Waals surface area contributed by atoms with Crippen LogP contribution < -0.4 is 5.73 Å². The van der Waals surface area contributed by atoms with E-state index >= 15 is 0 Å². The van der Waals surface area contributed by atoms with E-state index in [2.05, 4.69) is 10.3 Å². The van der Waals surface area contributed by atoms with Crippen LogP contribution in [0, 0.1) is 0 Å². The Labute approximate surface area is 93.9 Å². The molecule has 3 N–H and O–H groups in total. The maximum absolute atomic E-state index is 9.08. The highest BCUT2D eigenvalue weighted by Crippen LogP contribution is 2.22. The minimum absolute atomic E-state index is 0.0896. The number of hydrogen-bond acceptors (Lipinski definition) is 4. The molecule has 0 aliphatic heterocycles. The summed E-state index contributed by atoms with van der Waals surface area (Å²) in [5.41, 5.74) is 8.39. The smallest absolute Gasteiger partial charge is 0.118 e. The first-order chi connectivity index (χ1) is 7.65. The zero-order chi connectivity index (χ0) is 11.7. The summed E-state index contributed by atoms with van der Waals surface area (Å²) < 4.78 is 1.85. The largest absolute Gasteiger partial charge is 0.394 e. The molecule has 0 aliphatic rings. The molecular formula is C11H16N4O. The maximum Gasteiger partial charge on any atom is 0.118 e. The highest BCUT2D eigenvalue weighted by atomic mass is 16.3. The number of rotatable bonds is 3. The lowest BCUT2D eigenvalue weighted by Crippen LogP contribution is -2.14. The zero-order valence-corrected chi connectivity index (χ0v) is 9.46. The summed E-state index contributed by atoms with van der Waals surface area (Å²) >= 11 is 0. The molecule has 1 aromatic carbocycles. The quantitative estimate of drug-likeness (QED) is 0.809. The van der Waals surface area contributed by atoms with Crippen LogP contribution in [0.3, 0.4) is 0 Å². The van der Waals surface area contributed by atoms with E-state index in [9.17, 15) is 0 Å². The van der Waals surface area contributed by atoms with Crippen molar-refractivity contribution in [1.29, 1.82) is 0 Å². The number of fused-ring (bicyclic) bond motifs is 1. The van der Waals surface area contributed by atoms with E-state index < -0.39 is 6.04 Å². The molecule has 0 amide bonds. The molecule has 1 aromatic heterocycles. The van der Waals surface area contributed by atoms with Gasteiger partial charge in [-0.05, 0) is 19.9 Å². The van der Waals surface area contributed by atoms with Crippen LogP contribution in [0.2, 0.25) is 0 Å². The van der Waals surface area contributed by atoms with E-state index in [1.54, 1.807) is 0 Å². The monoisotopic (exact) mass is 220 g/mol. The summed E-state index contributed by atoms with van der Waals surface area (Å²) in [5, 5.41) is 17.3. The van der Waals surface area contributed by atoms with Crippen molar-refractivity contribution in [2.75, 3.05) is 6.61 Å². The Morgan fingerprint density at radius 3 is 2.81 bits per heavy atom. The fourth-order valence-electron chi connectivity index (χ4n) is 1.76. The Balaban J connectivity index is 2.62. The molecule has 2 aromatic rings. The van der Waals surface area contributed by atoms with Gasteiger partial charge < -0.3 is 10.8 Å². The van der Waals surface area contributed by atoms with Crippen LogP contribution in [0.4, 0.5) is 0 Å². The van der Waals surface area contributed by atoms with Gasteiger partial charge in [0.15, 0.2) is 0 Å². The lowest BCUT2D eigenvalue weighted by Gasteiger charge is -2.09. The number of nitrogens with two attached hydrogens (primary N) is 1. The van der Waals surface area contributed by atoms with Crippen molar-refractivity contribution < 1.29 is 5.11 Å². The Kier molecular flexibility index (Phi) is 2.89. The minimum atomic E-state index is -0.402. The Hall–Kier alpha value is -1.46. The molecule has 0 saturated heterocycles. The van der Waals surface area contributed by atoms with Gasteiger partial charge in [-0.1, -0.05) is 17.3 Å². The molecule has 5 nitrogen and oxygen atoms in total. The van der Waals surface area contributed by atoms with Gasteiger partial charge in [0.05, 0.1) is 18.2 Å². The van der Waals surface area contributed by atoms with Crippen LogP contribution in [0.25, 0.3) is 11.0 Å². The van der Waals surface area contributed by atoms with Crippen LogP contribution in [-0.2, 0) is 0 Å². The van der Waals surface area contributed by atoms with Crippen LogP contribution in [-0.4, -0.2) is 26.7 Å². The van der Waals surface area contributed by atoms with Crippen molar-refractivity contribution in [2.24, 2.45) is 5.73 Å². The van der Waals surface area contributed by atoms with E-state index in [0.717, 1.165) is 16.6 Å². The molecule has 86 valence electrons. The third-order valence-corrected chi connectivity index (χ3v) is 2.62. The molecule has 0 saturated carbocycles. The second kappa shape index (κ2) is 4.19. The molecule has 0 bridgehead atoms. The highest BCUT2D eigenvalue weighted by molar-refractivity contribution is 5.78. The molecule has 1 heterocycles. The molecule has 16 heavy (non-hydrogen) atoms. The summed E-state index contributed by atoms with van der Waals surface area (Å²) in [5.74, 6) is 0. The summed E-state index contributed by atoms with van der Waals surface area (Å²) in [7, 11) is 0. The summed E-state index contributed by atoms with van der Waals surface area (Å²) in [4.78, 5) is 0. The van der Waals surface area contributed by atoms with Crippen molar-refractivity contribution in [3.8, 4) is 0 Å². The molecule has 5 heteroatoms. The van der Waals surface area contributed by atoms with E-state index in [0.29, 0.717) is 0 Å². The van der Waals surface area contributed by atoms with Gasteiger partial charge in [0.2, 0.25) is 0 Å². The van der Waals surface area contributed by atoms with Crippen LogP contribution in [0.1, 0.15) is 31.5 Å². The maximum atomic E-state index is 9.08. The van der Waals surface area contributed by atoms with Crippen LogP contribution in [0.15, 0.2) is 18.2 Å². The summed E-state index contributed by atoms with van der Waals surface area (Å²) in [6.07, 6.45) is 0. The molecule has 1 unspecified atom stereocenters. The second-order valence-electron chi connectivity index (χ2n) is 4.13. The number of aliphatic hydroxyl groups excluding tert-OH is 1. The van der Waals surface area contributed by atoms with Crippen molar-refractivity contribution in [3.05, 3.63) is 23.8 Å². The van der Waals surface area contributed by atoms with E-state index in [1.807, 2.05) is 36.7 Å². The Morgan fingerprint density at radius 2 is 2.19 bits per heavy atom. The predicted molar refractivity (Wildman–Crippen MR) is 61.9 cm³/mol. The van der Waals surface area contributed by atoms with E-state index in [1.165, 1.54) is 0 Å². The molecular weight excluding hydrogens is 204 g/mol. The first-order valence-electron chi connectivity index (χ1n) is 5.35. The standard InChI is InChI=1S/C11H16N4O/c1-7(2)15-10-5-3-4-8(9(12)6-16)11(10)13-14-15/h3-5,7,9,16H,6,12H2,1-2H3. The fraction of sp³-hybridized carbons (Fsp3) is 0.455. The van der Waals surface area contributed by atoms with Crippen molar-refractivity contribution >= 4 is 11.0 Å². The molecule has 0 radical (unpaired) electrons. The SMILES string of the molecule is CC(C)n1nnc2c(C(N)CO)cccc21. The lowest BCUT2D eigenvalue weighted by atomic mass is 10.1. The Morgan fingerprint density at radius 1 is 1.44 bits per heavy atom. The van der Waals surface area contributed by atoms with Gasteiger partial charge in [-0.3, -0.25) is 0 Å². The molecule has 1 atom stereocenters. The van der Waals surface area contributed by atoms with E-state index in [-0.39, 0.29) is 12.6 Å². The van der Waals surface area contributed by atoms with Gasteiger partial charge >= 0.3 is 0 Å². The van der Waals surface area contributed by atoms with Gasteiger partial charge in [-0.2, -0.15) is 0 Å². The third-order valence-electron chi connectivity index (χ3n) is 2.62. The molecule has 2 rings (SSSR count). The highest BCUT2D eigenvalue weighted by Gasteiger charge is 2.14. The lowest BCUT2D eigenvalue weighted by molar-refractivity contribution is 0.268. The molecule has 0 aliphatic carbocycles. The van der Waals surface area contributed by atoms with Crippen LogP contribution in [0.5, 0.6) is 0 Å². The zero-order valence-electron chi connectivity index (χ0n) is 9.46. The predicted octanol–water partition coefficient (Wildman–Crippen LogP) is 1.00. The first kappa shape index (κ1) is 11.0. The number of benzene rings is 1. The minimum Gasteiger partial charge on any atom is -0.394 e. The number of nitrogens with zero attached hydrogens (tertiary/aromatic N) is 3. The number of hydrogen-bond donors (Lipinski definition) is 2. The third kappa shape index (κ3) is 1.68. The van der Waals surface area contributed by atoms with Gasteiger partial charge in [-0.15, -0.1) is 5.10 Å². The second-order valence-corrected chi connectivity index (χ2v) is 4.13. The van der Waals surface area contributed by atoms with Crippen molar-refractivity contribution in [1.82, 2.24) is 15.0 Å². The molecule has 0 fully saturated rings. The van der Waals surface area contributed by atoms with Crippen LogP contribution >= 0.6 is 0 Å². The normalized spacial score (nSPS) is 13.6. The summed E-state index contributed by atoms with van der Waals surface area (Å²) in [6, 6.07) is 5.60. The van der Waals surface area contributed by atoms with Gasteiger partial charge in [0.1, 0.15) is 5.52 Å². The number of aliphatic hydroxyl groups is 1. The number of aromatic nitrogens is 3. The van der Waals surface area contributed by atoms with E-state index in [4.69, 9.17) is 10.8 Å². The Bertz CT molecular complexity index is 492. The van der Waals surface area contributed by atoms with Gasteiger partial charge in [0, 0.05) is 11.6 Å². The van der Waals surface area contributed by atoms with Crippen molar-refractivity contribution in [3.63, 3.8) is 0 Å². The van der Waals surface area contributed by atoms with Gasteiger partial charge in [0.25, 0.3) is 0 Å². The average molecular weight is 220 g/mol. The fourth-order valence-corrected chi connectivity index (χ4v) is 1.76. The average Bonchev–Trinajstić information content (AvgIpc) is 2.71. The van der Waals surface area contributed by atoms with Gasteiger partial charge in [-0.25, -0.2) is 4.68 Å². The molecule has 0 spiro atoms. The van der Waals surface area contributed by atoms with Crippen molar-refractivity contribution in [2.45, 2.75) is 25.9 Å².